The summed E-state index contributed by atoms with van der Waals surface area (Å²) in [5.41, 5.74) is 10.9. The highest BCUT2D eigenvalue weighted by molar-refractivity contribution is 5.94. The number of carbonyl (C=O) groups excluding carboxylic acids is 1. The maximum atomic E-state index is 12.9. The van der Waals surface area contributed by atoms with Gasteiger partial charge >= 0.3 is 0 Å². The van der Waals surface area contributed by atoms with Gasteiger partial charge in [-0.25, -0.2) is 4.98 Å². The quantitative estimate of drug-likeness (QED) is 0.678. The minimum atomic E-state index is -0.142. The van der Waals surface area contributed by atoms with Gasteiger partial charge in [0.25, 0.3) is 5.91 Å². The standard InChI is InChI=1S/C22H29N5O2/c1-13-14(2)21(24-12-16(13)11-23)22(28)25-17-3-4-19-18(10-17)20(27-26-19)9-15-5-7-29-8-6-15/h9,12,17-20,26-27H,3-8,10H2,1-2H3,(H,25,28). The minimum Gasteiger partial charge on any atom is -0.381 e. The van der Waals surface area contributed by atoms with Gasteiger partial charge in [0.2, 0.25) is 0 Å². The fourth-order valence-corrected chi connectivity index (χ4v) is 4.74. The average Bonchev–Trinajstić information content (AvgIpc) is 3.12. The first-order valence-corrected chi connectivity index (χ1v) is 10.5. The van der Waals surface area contributed by atoms with Crippen LogP contribution in [-0.4, -0.2) is 42.2 Å². The van der Waals surface area contributed by atoms with E-state index in [4.69, 9.17) is 10.00 Å². The fourth-order valence-electron chi connectivity index (χ4n) is 4.74. The second-order valence-electron chi connectivity index (χ2n) is 8.39. The lowest BCUT2D eigenvalue weighted by Crippen LogP contribution is -2.45. The molecule has 1 saturated carbocycles. The van der Waals surface area contributed by atoms with Gasteiger partial charge in [0.05, 0.1) is 18.8 Å². The van der Waals surface area contributed by atoms with Gasteiger partial charge in [0.15, 0.2) is 0 Å². The molecule has 1 aromatic heterocycles. The lowest BCUT2D eigenvalue weighted by molar-refractivity contribution is 0.0910. The van der Waals surface area contributed by atoms with Crippen LogP contribution in [0.2, 0.25) is 0 Å². The van der Waals surface area contributed by atoms with Crippen molar-refractivity contribution in [3.8, 4) is 6.07 Å². The molecular formula is C22H29N5O2. The topological polar surface area (TPSA) is 99.1 Å². The number of fused-ring (bicyclic) bond motifs is 1. The molecule has 3 aliphatic rings. The van der Waals surface area contributed by atoms with Crippen LogP contribution in [0.3, 0.4) is 0 Å². The fraction of sp³-hybridized carbons (Fsp3) is 0.591. The Labute approximate surface area is 171 Å². The molecule has 4 unspecified atom stereocenters. The van der Waals surface area contributed by atoms with Crippen LogP contribution in [0, 0.1) is 31.1 Å². The van der Waals surface area contributed by atoms with Crippen LogP contribution in [0.4, 0.5) is 0 Å². The summed E-state index contributed by atoms with van der Waals surface area (Å²) in [6, 6.07) is 3.01. The second kappa shape index (κ2) is 8.62. The number of nitrogens with zero attached hydrogens (tertiary/aromatic N) is 2. The third kappa shape index (κ3) is 4.20. The monoisotopic (exact) mass is 395 g/mol. The van der Waals surface area contributed by atoms with Crippen LogP contribution in [0.5, 0.6) is 0 Å². The minimum absolute atomic E-state index is 0.137. The molecule has 2 aliphatic heterocycles. The summed E-state index contributed by atoms with van der Waals surface area (Å²) in [5, 5.41) is 12.3. The lowest BCUT2D eigenvalue weighted by atomic mass is 9.78. The third-order valence-corrected chi connectivity index (χ3v) is 6.66. The van der Waals surface area contributed by atoms with E-state index >= 15 is 0 Å². The van der Waals surface area contributed by atoms with Crippen molar-refractivity contribution in [3.05, 3.63) is 40.2 Å². The Morgan fingerprint density at radius 3 is 2.83 bits per heavy atom. The maximum Gasteiger partial charge on any atom is 0.270 e. The van der Waals surface area contributed by atoms with Gasteiger partial charge in [-0.1, -0.05) is 11.6 Å². The first-order chi connectivity index (χ1) is 14.1. The van der Waals surface area contributed by atoms with Gasteiger partial charge in [-0.05, 0) is 63.0 Å². The van der Waals surface area contributed by atoms with Gasteiger partial charge in [0, 0.05) is 24.3 Å². The van der Waals surface area contributed by atoms with Crippen molar-refractivity contribution in [1.82, 2.24) is 21.2 Å². The molecule has 1 aliphatic carbocycles. The van der Waals surface area contributed by atoms with Crippen LogP contribution in [-0.2, 0) is 4.74 Å². The molecule has 1 amide bonds. The van der Waals surface area contributed by atoms with E-state index in [1.54, 1.807) is 0 Å². The van der Waals surface area contributed by atoms with E-state index in [1.807, 2.05) is 13.8 Å². The molecule has 3 heterocycles. The SMILES string of the molecule is Cc1c(C#N)cnc(C(=O)NC2CCC3NNC(C=C4CCOCC4)C3C2)c1C. The molecule has 3 N–H and O–H groups in total. The number of carbonyl (C=O) groups is 1. The van der Waals surface area contributed by atoms with Crippen LogP contribution < -0.4 is 16.2 Å². The molecule has 7 heteroatoms. The smallest absolute Gasteiger partial charge is 0.270 e. The molecule has 4 rings (SSSR count). The molecule has 29 heavy (non-hydrogen) atoms. The van der Waals surface area contributed by atoms with E-state index in [-0.39, 0.29) is 11.9 Å². The molecule has 1 aromatic rings. The van der Waals surface area contributed by atoms with E-state index < -0.39 is 0 Å². The second-order valence-corrected chi connectivity index (χ2v) is 8.39. The number of nitrogens with one attached hydrogen (secondary N) is 3. The Kier molecular flexibility index (Phi) is 5.95. The maximum absolute atomic E-state index is 12.9. The van der Waals surface area contributed by atoms with Crippen LogP contribution in [0.1, 0.15) is 59.3 Å². The predicted molar refractivity (Wildman–Crippen MR) is 109 cm³/mol. The summed E-state index contributed by atoms with van der Waals surface area (Å²) in [6.07, 6.45) is 8.82. The number of ether oxygens (including phenoxy) is 1. The zero-order valence-electron chi connectivity index (χ0n) is 17.1. The summed E-state index contributed by atoms with van der Waals surface area (Å²) in [6.45, 7) is 5.35. The largest absolute Gasteiger partial charge is 0.381 e. The number of aromatic nitrogens is 1. The third-order valence-electron chi connectivity index (χ3n) is 6.66. The number of pyridine rings is 1. The number of hydrazine groups is 1. The van der Waals surface area contributed by atoms with E-state index in [0.29, 0.717) is 29.3 Å². The Morgan fingerprint density at radius 2 is 2.07 bits per heavy atom. The van der Waals surface area contributed by atoms with Gasteiger partial charge in [-0.2, -0.15) is 5.26 Å². The van der Waals surface area contributed by atoms with E-state index in [0.717, 1.165) is 56.4 Å². The van der Waals surface area contributed by atoms with Crippen molar-refractivity contribution in [1.29, 1.82) is 5.26 Å². The Bertz CT molecular complexity index is 851. The van der Waals surface area contributed by atoms with Crippen LogP contribution >= 0.6 is 0 Å². The summed E-state index contributed by atoms with van der Waals surface area (Å²) in [5.74, 6) is 0.318. The normalized spacial score (nSPS) is 29.1. The van der Waals surface area contributed by atoms with E-state index in [2.05, 4.69) is 33.3 Å². The van der Waals surface area contributed by atoms with Crippen molar-refractivity contribution < 1.29 is 9.53 Å². The molecule has 0 aromatic carbocycles. The number of hydrogen-bond acceptors (Lipinski definition) is 6. The van der Waals surface area contributed by atoms with E-state index in [1.165, 1.54) is 11.8 Å². The van der Waals surface area contributed by atoms with Crippen molar-refractivity contribution in [2.45, 2.75) is 64.1 Å². The number of rotatable bonds is 3. The highest BCUT2D eigenvalue weighted by Gasteiger charge is 2.40. The summed E-state index contributed by atoms with van der Waals surface area (Å²) < 4.78 is 5.46. The summed E-state index contributed by atoms with van der Waals surface area (Å²) in [4.78, 5) is 17.1. The van der Waals surface area contributed by atoms with Gasteiger partial charge in [-0.15, -0.1) is 0 Å². The molecule has 0 bridgehead atoms. The highest BCUT2D eigenvalue weighted by Crippen LogP contribution is 2.32. The first-order valence-electron chi connectivity index (χ1n) is 10.5. The van der Waals surface area contributed by atoms with Crippen molar-refractivity contribution >= 4 is 5.91 Å². The summed E-state index contributed by atoms with van der Waals surface area (Å²) in [7, 11) is 0. The van der Waals surface area contributed by atoms with Crippen LogP contribution in [0.15, 0.2) is 17.8 Å². The molecule has 3 fully saturated rings. The van der Waals surface area contributed by atoms with Crippen molar-refractivity contribution in [2.75, 3.05) is 13.2 Å². The van der Waals surface area contributed by atoms with Gasteiger partial charge in [0.1, 0.15) is 11.8 Å². The summed E-state index contributed by atoms with van der Waals surface area (Å²) >= 11 is 0. The average molecular weight is 396 g/mol. The van der Waals surface area contributed by atoms with Gasteiger partial charge < -0.3 is 10.1 Å². The molecule has 0 radical (unpaired) electrons. The molecule has 154 valence electrons. The molecule has 7 nitrogen and oxygen atoms in total. The Hall–Kier alpha value is -2.27. The Balaban J connectivity index is 1.42. The number of nitriles is 1. The van der Waals surface area contributed by atoms with Crippen molar-refractivity contribution in [2.24, 2.45) is 5.92 Å². The first kappa shape index (κ1) is 20.0. The molecule has 4 atom stereocenters. The lowest BCUT2D eigenvalue weighted by Gasteiger charge is -2.33. The van der Waals surface area contributed by atoms with Crippen molar-refractivity contribution in [3.63, 3.8) is 0 Å². The zero-order chi connectivity index (χ0) is 20.4. The molecule has 0 spiro atoms. The zero-order valence-corrected chi connectivity index (χ0v) is 17.1. The number of amides is 1. The predicted octanol–water partition coefficient (Wildman–Crippen LogP) is 2.05. The number of hydrogen-bond donors (Lipinski definition) is 3. The molecular weight excluding hydrogens is 366 g/mol. The van der Waals surface area contributed by atoms with Gasteiger partial charge in [-0.3, -0.25) is 15.6 Å². The Morgan fingerprint density at radius 1 is 1.28 bits per heavy atom. The van der Waals surface area contributed by atoms with Crippen LogP contribution in [0.25, 0.3) is 0 Å². The highest BCUT2D eigenvalue weighted by atomic mass is 16.5. The molecule has 2 saturated heterocycles. The van der Waals surface area contributed by atoms with E-state index in [9.17, 15) is 4.79 Å².